The van der Waals surface area contributed by atoms with Crippen LogP contribution in [-0.4, -0.2) is 40.5 Å². The minimum atomic E-state index is -0.951. The molecular weight excluding hydrogens is 279 g/mol. The normalized spacial score (nSPS) is 18.6. The highest BCUT2D eigenvalue weighted by molar-refractivity contribution is 5.94. The maximum atomic E-state index is 13.3. The summed E-state index contributed by atoms with van der Waals surface area (Å²) in [6.45, 7) is 1.17. The Morgan fingerprint density at radius 3 is 2.95 bits per heavy atom. The molecule has 114 valence electrons. The number of nitro benzene ring substituents is 1. The Bertz CT molecular complexity index is 548. The number of halogens is 1. The first-order chi connectivity index (χ1) is 10.0. The zero-order valence-electron chi connectivity index (χ0n) is 11.5. The van der Waals surface area contributed by atoms with E-state index in [0.717, 1.165) is 25.0 Å². The Labute approximate surface area is 121 Å². The molecule has 1 aromatic rings. The highest BCUT2D eigenvalue weighted by atomic mass is 19.1. The van der Waals surface area contributed by atoms with Crippen LogP contribution in [0.2, 0.25) is 0 Å². The SMILES string of the molecule is O=C(c1ccc(F)c([N+](=O)[O-])c1)N1CCCC(CCO)C1. The van der Waals surface area contributed by atoms with Crippen molar-refractivity contribution in [3.05, 3.63) is 39.7 Å². The summed E-state index contributed by atoms with van der Waals surface area (Å²) in [5.74, 6) is -1.04. The number of carbonyl (C=O) groups excluding carboxylic acids is 1. The van der Waals surface area contributed by atoms with Gasteiger partial charge in [-0.15, -0.1) is 0 Å². The van der Waals surface area contributed by atoms with Crippen LogP contribution in [0, 0.1) is 21.8 Å². The van der Waals surface area contributed by atoms with Gasteiger partial charge in [0, 0.05) is 31.3 Å². The van der Waals surface area contributed by atoms with Crippen molar-refractivity contribution in [1.82, 2.24) is 4.90 Å². The van der Waals surface area contributed by atoms with E-state index in [9.17, 15) is 19.3 Å². The smallest absolute Gasteiger partial charge is 0.305 e. The van der Waals surface area contributed by atoms with Gasteiger partial charge in [0.2, 0.25) is 5.82 Å². The standard InChI is InChI=1S/C14H17FN2O4/c15-12-4-3-11(8-13(12)17(20)21)14(19)16-6-1-2-10(9-16)5-7-18/h3-4,8,10,18H,1-2,5-7,9H2. The van der Waals surface area contributed by atoms with E-state index in [2.05, 4.69) is 0 Å². The first-order valence-corrected chi connectivity index (χ1v) is 6.87. The highest BCUT2D eigenvalue weighted by Gasteiger charge is 2.26. The van der Waals surface area contributed by atoms with Crippen LogP contribution in [0.1, 0.15) is 29.6 Å². The molecule has 7 heteroatoms. The van der Waals surface area contributed by atoms with Crippen LogP contribution in [0.3, 0.4) is 0 Å². The van der Waals surface area contributed by atoms with Crippen molar-refractivity contribution in [3.8, 4) is 0 Å². The molecule has 0 radical (unpaired) electrons. The third kappa shape index (κ3) is 3.55. The summed E-state index contributed by atoms with van der Waals surface area (Å²) < 4.78 is 13.3. The second-order valence-corrected chi connectivity index (χ2v) is 5.20. The molecule has 1 fully saturated rings. The van der Waals surface area contributed by atoms with Gasteiger partial charge in [0.25, 0.3) is 5.91 Å². The average molecular weight is 296 g/mol. The third-order valence-electron chi connectivity index (χ3n) is 3.73. The molecule has 1 aromatic carbocycles. The maximum absolute atomic E-state index is 13.3. The van der Waals surface area contributed by atoms with Gasteiger partial charge in [0.05, 0.1) is 4.92 Å². The number of nitrogens with zero attached hydrogens (tertiary/aromatic N) is 2. The zero-order chi connectivity index (χ0) is 15.4. The van der Waals surface area contributed by atoms with Crippen LogP contribution < -0.4 is 0 Å². The fourth-order valence-electron chi connectivity index (χ4n) is 2.64. The summed E-state index contributed by atoms with van der Waals surface area (Å²) in [5, 5.41) is 19.7. The van der Waals surface area contributed by atoms with Crippen LogP contribution >= 0.6 is 0 Å². The lowest BCUT2D eigenvalue weighted by atomic mass is 9.94. The minimum absolute atomic E-state index is 0.0781. The molecule has 0 bridgehead atoms. The minimum Gasteiger partial charge on any atom is -0.396 e. The van der Waals surface area contributed by atoms with Gasteiger partial charge in [0.1, 0.15) is 0 Å². The van der Waals surface area contributed by atoms with Gasteiger partial charge in [-0.3, -0.25) is 14.9 Å². The van der Waals surface area contributed by atoms with E-state index in [4.69, 9.17) is 5.11 Å². The zero-order valence-corrected chi connectivity index (χ0v) is 11.5. The number of hydrogen-bond donors (Lipinski definition) is 1. The van der Waals surface area contributed by atoms with E-state index >= 15 is 0 Å². The van der Waals surface area contributed by atoms with Gasteiger partial charge >= 0.3 is 5.69 Å². The van der Waals surface area contributed by atoms with Crippen molar-refractivity contribution in [2.45, 2.75) is 19.3 Å². The summed E-state index contributed by atoms with van der Waals surface area (Å²) in [7, 11) is 0. The van der Waals surface area contributed by atoms with E-state index in [0.29, 0.717) is 19.5 Å². The molecule has 0 spiro atoms. The highest BCUT2D eigenvalue weighted by Crippen LogP contribution is 2.23. The van der Waals surface area contributed by atoms with E-state index in [-0.39, 0.29) is 24.0 Å². The van der Waals surface area contributed by atoms with Crippen molar-refractivity contribution in [3.63, 3.8) is 0 Å². The van der Waals surface area contributed by atoms with E-state index in [1.54, 1.807) is 4.90 Å². The van der Waals surface area contributed by atoms with Gasteiger partial charge in [-0.1, -0.05) is 0 Å². The summed E-state index contributed by atoms with van der Waals surface area (Å²) in [6.07, 6.45) is 2.42. The number of piperidine rings is 1. The predicted octanol–water partition coefficient (Wildman–Crippen LogP) is 1.97. The van der Waals surface area contributed by atoms with Crippen molar-refractivity contribution in [1.29, 1.82) is 0 Å². The lowest BCUT2D eigenvalue weighted by Crippen LogP contribution is -2.40. The first kappa shape index (κ1) is 15.4. The quantitative estimate of drug-likeness (QED) is 0.680. The first-order valence-electron chi connectivity index (χ1n) is 6.87. The monoisotopic (exact) mass is 296 g/mol. The number of hydrogen-bond acceptors (Lipinski definition) is 4. The van der Waals surface area contributed by atoms with Crippen molar-refractivity contribution >= 4 is 11.6 Å². The van der Waals surface area contributed by atoms with Gasteiger partial charge < -0.3 is 10.0 Å². The Morgan fingerprint density at radius 1 is 1.52 bits per heavy atom. The van der Waals surface area contributed by atoms with Crippen molar-refractivity contribution in [2.75, 3.05) is 19.7 Å². The molecule has 1 aliphatic rings. The van der Waals surface area contributed by atoms with Crippen LogP contribution in [0.25, 0.3) is 0 Å². The molecule has 2 rings (SSSR count). The number of aliphatic hydroxyl groups excluding tert-OH is 1. The van der Waals surface area contributed by atoms with Gasteiger partial charge in [-0.2, -0.15) is 4.39 Å². The molecule has 6 nitrogen and oxygen atoms in total. The van der Waals surface area contributed by atoms with Gasteiger partial charge in [0.15, 0.2) is 0 Å². The number of rotatable bonds is 4. The average Bonchev–Trinajstić information content (AvgIpc) is 2.47. The molecule has 1 N–H and O–H groups in total. The Hall–Kier alpha value is -2.02. The molecule has 1 amide bonds. The largest absolute Gasteiger partial charge is 0.396 e. The number of nitro groups is 1. The molecule has 1 atom stereocenters. The topological polar surface area (TPSA) is 83.7 Å². The molecule has 1 saturated heterocycles. The second-order valence-electron chi connectivity index (χ2n) is 5.20. The van der Waals surface area contributed by atoms with Crippen molar-refractivity contribution in [2.24, 2.45) is 5.92 Å². The number of benzene rings is 1. The predicted molar refractivity (Wildman–Crippen MR) is 73.4 cm³/mol. The summed E-state index contributed by atoms with van der Waals surface area (Å²) in [4.78, 5) is 23.9. The Morgan fingerprint density at radius 2 is 2.29 bits per heavy atom. The Kier molecular flexibility index (Phi) is 4.85. The maximum Gasteiger partial charge on any atom is 0.305 e. The summed E-state index contributed by atoms with van der Waals surface area (Å²) >= 11 is 0. The molecule has 0 aliphatic carbocycles. The fourth-order valence-corrected chi connectivity index (χ4v) is 2.64. The van der Waals surface area contributed by atoms with E-state index in [1.165, 1.54) is 6.07 Å². The van der Waals surface area contributed by atoms with E-state index < -0.39 is 16.4 Å². The summed E-state index contributed by atoms with van der Waals surface area (Å²) in [5.41, 5.74) is -0.572. The molecular formula is C14H17FN2O4. The van der Waals surface area contributed by atoms with Crippen LogP contribution in [0.5, 0.6) is 0 Å². The molecule has 1 unspecified atom stereocenters. The number of aliphatic hydroxyl groups is 1. The molecule has 1 heterocycles. The lowest BCUT2D eigenvalue weighted by molar-refractivity contribution is -0.387. The van der Waals surface area contributed by atoms with Gasteiger partial charge in [-0.25, -0.2) is 0 Å². The van der Waals surface area contributed by atoms with Crippen LogP contribution in [0.15, 0.2) is 18.2 Å². The third-order valence-corrected chi connectivity index (χ3v) is 3.73. The number of likely N-dealkylation sites (tertiary alicyclic amines) is 1. The fraction of sp³-hybridized carbons (Fsp3) is 0.500. The van der Waals surface area contributed by atoms with Crippen LogP contribution in [0.4, 0.5) is 10.1 Å². The number of amides is 1. The number of carbonyl (C=O) groups is 1. The molecule has 1 aliphatic heterocycles. The van der Waals surface area contributed by atoms with Crippen molar-refractivity contribution < 1.29 is 19.2 Å². The lowest BCUT2D eigenvalue weighted by Gasteiger charge is -2.32. The Balaban J connectivity index is 2.16. The summed E-state index contributed by atoms with van der Waals surface area (Å²) in [6, 6.07) is 3.19. The van der Waals surface area contributed by atoms with Gasteiger partial charge in [-0.05, 0) is 37.3 Å². The molecule has 0 saturated carbocycles. The van der Waals surface area contributed by atoms with E-state index in [1.807, 2.05) is 0 Å². The van der Waals surface area contributed by atoms with Crippen LogP contribution in [-0.2, 0) is 0 Å². The molecule has 0 aromatic heterocycles. The molecule has 21 heavy (non-hydrogen) atoms. The second kappa shape index (κ2) is 6.62.